The van der Waals surface area contributed by atoms with Crippen LogP contribution in [0.1, 0.15) is 10.5 Å². The minimum Gasteiger partial charge on any atom is -0.464 e. The second-order valence-corrected chi connectivity index (χ2v) is 6.32. The summed E-state index contributed by atoms with van der Waals surface area (Å²) in [6.07, 6.45) is 0. The summed E-state index contributed by atoms with van der Waals surface area (Å²) in [6, 6.07) is 11.8. The predicted molar refractivity (Wildman–Crippen MR) is 102 cm³/mol. The summed E-state index contributed by atoms with van der Waals surface area (Å²) in [6.45, 7) is 1.05. The first-order valence-electron chi connectivity index (χ1n) is 7.86. The number of methoxy groups -OCH3 is 1. The number of aromatic nitrogens is 2. The third-order valence-electron chi connectivity index (χ3n) is 3.63. The minimum absolute atomic E-state index is 0.226. The molecule has 0 amide bonds. The highest BCUT2D eigenvalue weighted by Crippen LogP contribution is 2.26. The van der Waals surface area contributed by atoms with Gasteiger partial charge in [-0.1, -0.05) is 22.0 Å². The van der Waals surface area contributed by atoms with Crippen molar-refractivity contribution in [3.63, 3.8) is 0 Å². The number of hydrogen-bond acceptors (Lipinski definition) is 6. The van der Waals surface area contributed by atoms with Crippen LogP contribution >= 0.6 is 15.9 Å². The fraction of sp³-hybridized carbons (Fsp3) is 0.167. The van der Waals surface area contributed by atoms with E-state index in [1.807, 2.05) is 18.2 Å². The standard InChI is InChI=1S/C18H16BrFN4O2/c1-26-18(25)15-10-14(12-9-11(19)5-6-13(12)23-15)21-7-8-22-17-4-2-3-16(20)24-17/h2-6,9-10H,7-8H2,1H3,(H,21,23)(H,22,24). The molecule has 3 rings (SSSR count). The van der Waals surface area contributed by atoms with E-state index in [-0.39, 0.29) is 5.69 Å². The van der Waals surface area contributed by atoms with E-state index in [0.29, 0.717) is 24.4 Å². The molecule has 0 radical (unpaired) electrons. The number of carbonyl (C=O) groups is 1. The molecule has 0 saturated carbocycles. The Morgan fingerprint density at radius 3 is 2.73 bits per heavy atom. The first-order chi connectivity index (χ1) is 12.6. The summed E-state index contributed by atoms with van der Waals surface area (Å²) in [5.41, 5.74) is 1.66. The number of rotatable bonds is 6. The van der Waals surface area contributed by atoms with Crippen LogP contribution in [0.4, 0.5) is 15.9 Å². The topological polar surface area (TPSA) is 76.1 Å². The van der Waals surface area contributed by atoms with Crippen LogP contribution in [0, 0.1) is 5.95 Å². The van der Waals surface area contributed by atoms with Crippen molar-refractivity contribution in [2.75, 3.05) is 30.8 Å². The Morgan fingerprint density at radius 2 is 1.96 bits per heavy atom. The van der Waals surface area contributed by atoms with Gasteiger partial charge in [-0.15, -0.1) is 0 Å². The van der Waals surface area contributed by atoms with Crippen molar-refractivity contribution < 1.29 is 13.9 Å². The van der Waals surface area contributed by atoms with E-state index in [9.17, 15) is 9.18 Å². The number of anilines is 2. The normalized spacial score (nSPS) is 10.6. The van der Waals surface area contributed by atoms with Crippen LogP contribution in [0.15, 0.2) is 46.9 Å². The fourth-order valence-corrected chi connectivity index (χ4v) is 2.81. The lowest BCUT2D eigenvalue weighted by atomic mass is 10.1. The smallest absolute Gasteiger partial charge is 0.356 e. The summed E-state index contributed by atoms with van der Waals surface area (Å²) in [4.78, 5) is 19.9. The molecule has 2 heterocycles. The van der Waals surface area contributed by atoms with Crippen LogP contribution in [0.5, 0.6) is 0 Å². The lowest BCUT2D eigenvalue weighted by molar-refractivity contribution is 0.0594. The number of nitrogens with one attached hydrogen (secondary N) is 2. The molecule has 0 saturated heterocycles. The van der Waals surface area contributed by atoms with E-state index in [4.69, 9.17) is 4.74 Å². The number of halogens is 2. The average molecular weight is 419 g/mol. The molecule has 0 aliphatic heterocycles. The number of fused-ring (bicyclic) bond motifs is 1. The van der Waals surface area contributed by atoms with Crippen molar-refractivity contribution in [3.05, 3.63) is 58.6 Å². The Labute approximate surface area is 157 Å². The van der Waals surface area contributed by atoms with Crippen molar-refractivity contribution in [2.45, 2.75) is 0 Å². The molecule has 2 aromatic heterocycles. The monoisotopic (exact) mass is 418 g/mol. The van der Waals surface area contributed by atoms with Crippen molar-refractivity contribution in [1.82, 2.24) is 9.97 Å². The van der Waals surface area contributed by atoms with Gasteiger partial charge < -0.3 is 15.4 Å². The number of benzene rings is 1. The Balaban J connectivity index is 1.77. The van der Waals surface area contributed by atoms with Crippen LogP contribution in [0.2, 0.25) is 0 Å². The number of carbonyl (C=O) groups excluding carboxylic acids is 1. The highest BCUT2D eigenvalue weighted by molar-refractivity contribution is 9.10. The zero-order chi connectivity index (χ0) is 18.5. The Hall–Kier alpha value is -2.74. The minimum atomic E-state index is -0.532. The van der Waals surface area contributed by atoms with E-state index in [1.54, 1.807) is 18.2 Å². The average Bonchev–Trinajstić information content (AvgIpc) is 2.64. The van der Waals surface area contributed by atoms with Crippen LogP contribution in [-0.4, -0.2) is 36.1 Å². The molecular formula is C18H16BrFN4O2. The molecule has 0 spiro atoms. The van der Waals surface area contributed by atoms with E-state index < -0.39 is 11.9 Å². The Morgan fingerprint density at radius 1 is 1.15 bits per heavy atom. The van der Waals surface area contributed by atoms with Gasteiger partial charge in [0, 0.05) is 28.6 Å². The first-order valence-corrected chi connectivity index (χ1v) is 8.65. The molecule has 0 unspecified atom stereocenters. The van der Waals surface area contributed by atoms with Crippen LogP contribution in [0.3, 0.4) is 0 Å². The summed E-state index contributed by atoms with van der Waals surface area (Å²) in [7, 11) is 1.32. The SMILES string of the molecule is COC(=O)c1cc(NCCNc2cccc(F)n2)c2cc(Br)ccc2n1. The zero-order valence-corrected chi connectivity index (χ0v) is 15.5. The van der Waals surface area contributed by atoms with Gasteiger partial charge in [0.15, 0.2) is 5.69 Å². The maximum absolute atomic E-state index is 13.1. The van der Waals surface area contributed by atoms with E-state index in [1.165, 1.54) is 13.2 Å². The van der Waals surface area contributed by atoms with Gasteiger partial charge in [-0.3, -0.25) is 0 Å². The third-order valence-corrected chi connectivity index (χ3v) is 4.12. The van der Waals surface area contributed by atoms with Gasteiger partial charge in [-0.05, 0) is 36.4 Å². The predicted octanol–water partition coefficient (Wildman–Crippen LogP) is 3.84. The molecular weight excluding hydrogens is 403 g/mol. The number of hydrogen-bond donors (Lipinski definition) is 2. The molecule has 0 atom stereocenters. The van der Waals surface area contributed by atoms with Gasteiger partial charge in [-0.2, -0.15) is 4.39 Å². The van der Waals surface area contributed by atoms with Gasteiger partial charge in [-0.25, -0.2) is 14.8 Å². The van der Waals surface area contributed by atoms with E-state index in [0.717, 1.165) is 15.5 Å². The second-order valence-electron chi connectivity index (χ2n) is 5.41. The summed E-state index contributed by atoms with van der Waals surface area (Å²) >= 11 is 3.44. The van der Waals surface area contributed by atoms with Gasteiger partial charge >= 0.3 is 5.97 Å². The molecule has 2 N–H and O–H groups in total. The zero-order valence-electron chi connectivity index (χ0n) is 13.9. The summed E-state index contributed by atoms with van der Waals surface area (Å²) in [5.74, 6) is -0.569. The van der Waals surface area contributed by atoms with E-state index >= 15 is 0 Å². The molecule has 0 aliphatic carbocycles. The second kappa shape index (κ2) is 8.09. The van der Waals surface area contributed by atoms with Crippen molar-refractivity contribution in [2.24, 2.45) is 0 Å². The van der Waals surface area contributed by atoms with Crippen molar-refractivity contribution >= 4 is 44.3 Å². The largest absolute Gasteiger partial charge is 0.464 e. The number of nitrogens with zero attached hydrogens (tertiary/aromatic N) is 2. The van der Waals surface area contributed by atoms with Gasteiger partial charge in [0.1, 0.15) is 5.82 Å². The van der Waals surface area contributed by atoms with Crippen molar-refractivity contribution in [1.29, 1.82) is 0 Å². The lowest BCUT2D eigenvalue weighted by Crippen LogP contribution is -2.15. The molecule has 134 valence electrons. The van der Waals surface area contributed by atoms with Crippen LogP contribution in [-0.2, 0) is 4.74 Å². The Kier molecular flexibility index (Phi) is 5.62. The van der Waals surface area contributed by atoms with Gasteiger partial charge in [0.25, 0.3) is 0 Å². The molecule has 0 aliphatic rings. The van der Waals surface area contributed by atoms with Crippen LogP contribution in [0.25, 0.3) is 10.9 Å². The fourth-order valence-electron chi connectivity index (χ4n) is 2.45. The molecule has 3 aromatic rings. The molecule has 0 fully saturated rings. The lowest BCUT2D eigenvalue weighted by Gasteiger charge is -2.12. The van der Waals surface area contributed by atoms with Gasteiger partial charge in [0.2, 0.25) is 5.95 Å². The number of ether oxygens (including phenoxy) is 1. The quantitative estimate of drug-likeness (QED) is 0.359. The molecule has 0 bridgehead atoms. The highest BCUT2D eigenvalue weighted by Gasteiger charge is 2.12. The van der Waals surface area contributed by atoms with E-state index in [2.05, 4.69) is 36.5 Å². The molecule has 1 aromatic carbocycles. The number of esters is 1. The van der Waals surface area contributed by atoms with Crippen molar-refractivity contribution in [3.8, 4) is 0 Å². The third kappa shape index (κ3) is 4.26. The van der Waals surface area contributed by atoms with Crippen LogP contribution < -0.4 is 10.6 Å². The Bertz CT molecular complexity index is 952. The maximum atomic E-state index is 13.1. The van der Waals surface area contributed by atoms with Gasteiger partial charge in [0.05, 0.1) is 12.6 Å². The molecule has 8 heteroatoms. The maximum Gasteiger partial charge on any atom is 0.356 e. The summed E-state index contributed by atoms with van der Waals surface area (Å²) in [5, 5.41) is 7.17. The number of pyridine rings is 2. The first kappa shape index (κ1) is 18.1. The summed E-state index contributed by atoms with van der Waals surface area (Å²) < 4.78 is 18.8. The highest BCUT2D eigenvalue weighted by atomic mass is 79.9. The molecule has 26 heavy (non-hydrogen) atoms. The molecule has 6 nitrogen and oxygen atoms in total.